The van der Waals surface area contributed by atoms with Crippen LogP contribution in [-0.2, 0) is 6.42 Å². The van der Waals surface area contributed by atoms with Crippen LogP contribution in [-0.4, -0.2) is 19.9 Å². The molecule has 1 atom stereocenters. The molecule has 2 heterocycles. The van der Waals surface area contributed by atoms with Crippen molar-refractivity contribution >= 4 is 5.82 Å². The topological polar surface area (TPSA) is 63.6 Å². The molecule has 2 aromatic heterocycles. The van der Waals surface area contributed by atoms with Crippen LogP contribution < -0.4 is 5.32 Å². The highest BCUT2D eigenvalue weighted by atomic mass is 15.0. The highest BCUT2D eigenvalue weighted by Crippen LogP contribution is 2.32. The van der Waals surface area contributed by atoms with Crippen molar-refractivity contribution in [2.45, 2.75) is 32.2 Å². The van der Waals surface area contributed by atoms with Gasteiger partial charge in [-0.2, -0.15) is 0 Å². The Bertz CT molecular complexity index is 847. The maximum atomic E-state index is 4.56. The van der Waals surface area contributed by atoms with Crippen molar-refractivity contribution in [3.8, 4) is 11.3 Å². The summed E-state index contributed by atoms with van der Waals surface area (Å²) in [6.45, 7) is 1.91. The first-order valence-corrected chi connectivity index (χ1v) is 8.25. The van der Waals surface area contributed by atoms with Gasteiger partial charge >= 0.3 is 0 Å². The zero-order valence-electron chi connectivity index (χ0n) is 13.6. The van der Waals surface area contributed by atoms with Gasteiger partial charge in [0.1, 0.15) is 18.0 Å². The fourth-order valence-electron chi connectivity index (χ4n) is 3.30. The molecule has 0 saturated heterocycles. The fourth-order valence-corrected chi connectivity index (χ4v) is 3.30. The summed E-state index contributed by atoms with van der Waals surface area (Å²) in [5.41, 5.74) is 4.55. The number of anilines is 1. The summed E-state index contributed by atoms with van der Waals surface area (Å²) in [6, 6.07) is 10.9. The largest absolute Gasteiger partial charge is 0.363 e. The zero-order chi connectivity index (χ0) is 16.4. The summed E-state index contributed by atoms with van der Waals surface area (Å²) in [5, 5.41) is 3.60. The third-order valence-electron chi connectivity index (χ3n) is 4.39. The van der Waals surface area contributed by atoms with Crippen molar-refractivity contribution in [2.75, 3.05) is 5.32 Å². The maximum absolute atomic E-state index is 4.56. The number of aromatic nitrogens is 4. The normalized spacial score (nSPS) is 16.5. The Morgan fingerprint density at radius 1 is 1.08 bits per heavy atom. The molecule has 0 amide bonds. The lowest BCUT2D eigenvalue weighted by atomic mass is 9.88. The molecule has 1 aromatic carbocycles. The zero-order valence-corrected chi connectivity index (χ0v) is 13.6. The van der Waals surface area contributed by atoms with Gasteiger partial charge in [-0.15, -0.1) is 0 Å². The summed E-state index contributed by atoms with van der Waals surface area (Å²) in [5.74, 6) is 1.59. The van der Waals surface area contributed by atoms with Crippen LogP contribution in [0.2, 0.25) is 0 Å². The molecule has 5 heteroatoms. The third-order valence-corrected chi connectivity index (χ3v) is 4.39. The maximum Gasteiger partial charge on any atom is 0.130 e. The van der Waals surface area contributed by atoms with E-state index in [1.54, 1.807) is 12.4 Å². The first kappa shape index (κ1) is 14.8. The van der Waals surface area contributed by atoms with E-state index in [0.29, 0.717) is 6.04 Å². The van der Waals surface area contributed by atoms with Crippen molar-refractivity contribution in [1.82, 2.24) is 19.9 Å². The van der Waals surface area contributed by atoms with E-state index in [4.69, 9.17) is 0 Å². The smallest absolute Gasteiger partial charge is 0.130 e. The fraction of sp³-hybridized carbons (Fsp3) is 0.263. The second-order valence-corrected chi connectivity index (χ2v) is 6.10. The Morgan fingerprint density at radius 3 is 2.79 bits per heavy atom. The number of aryl methyl sites for hydroxylation is 2. The lowest BCUT2D eigenvalue weighted by Crippen LogP contribution is -2.18. The molecule has 1 N–H and O–H groups in total. The van der Waals surface area contributed by atoms with Gasteiger partial charge in [0, 0.05) is 24.0 Å². The van der Waals surface area contributed by atoms with E-state index in [9.17, 15) is 0 Å². The van der Waals surface area contributed by atoms with Crippen LogP contribution in [0.1, 0.15) is 35.8 Å². The van der Waals surface area contributed by atoms with E-state index in [0.717, 1.165) is 35.7 Å². The van der Waals surface area contributed by atoms with Gasteiger partial charge in [-0.1, -0.05) is 24.3 Å². The predicted octanol–water partition coefficient (Wildman–Crippen LogP) is 3.73. The number of hydrogen-bond donors (Lipinski definition) is 1. The van der Waals surface area contributed by atoms with Crippen LogP contribution in [0.25, 0.3) is 11.3 Å². The molecule has 0 spiro atoms. The monoisotopic (exact) mass is 317 g/mol. The molecule has 0 fully saturated rings. The van der Waals surface area contributed by atoms with Crippen LogP contribution in [0.5, 0.6) is 0 Å². The molecular formula is C19H19N5. The SMILES string of the molecule is Cc1nc(N[C@@H]2CCCc3ccccc32)cc(-c2cncnc2)n1. The van der Waals surface area contributed by atoms with E-state index in [2.05, 4.69) is 49.5 Å². The quantitative estimate of drug-likeness (QED) is 0.797. The molecule has 1 aliphatic rings. The average Bonchev–Trinajstić information content (AvgIpc) is 2.62. The minimum Gasteiger partial charge on any atom is -0.363 e. The Morgan fingerprint density at radius 2 is 1.92 bits per heavy atom. The number of nitrogens with zero attached hydrogens (tertiary/aromatic N) is 4. The van der Waals surface area contributed by atoms with Gasteiger partial charge in [0.15, 0.2) is 0 Å². The van der Waals surface area contributed by atoms with Crippen molar-refractivity contribution in [3.63, 3.8) is 0 Å². The second kappa shape index (κ2) is 6.35. The molecule has 0 aliphatic heterocycles. The first-order valence-electron chi connectivity index (χ1n) is 8.25. The lowest BCUT2D eigenvalue weighted by molar-refractivity contribution is 0.598. The van der Waals surface area contributed by atoms with Gasteiger partial charge in [-0.25, -0.2) is 19.9 Å². The number of rotatable bonds is 3. The van der Waals surface area contributed by atoms with E-state index < -0.39 is 0 Å². The van der Waals surface area contributed by atoms with Crippen LogP contribution in [0.3, 0.4) is 0 Å². The number of fused-ring (bicyclic) bond motifs is 1. The van der Waals surface area contributed by atoms with Gasteiger partial charge in [-0.3, -0.25) is 0 Å². The van der Waals surface area contributed by atoms with E-state index in [1.165, 1.54) is 23.9 Å². The van der Waals surface area contributed by atoms with Gasteiger partial charge in [-0.05, 0) is 37.3 Å². The highest BCUT2D eigenvalue weighted by Gasteiger charge is 2.20. The number of benzene rings is 1. The minimum atomic E-state index is 0.295. The van der Waals surface area contributed by atoms with Crippen molar-refractivity contribution in [1.29, 1.82) is 0 Å². The van der Waals surface area contributed by atoms with Crippen LogP contribution >= 0.6 is 0 Å². The van der Waals surface area contributed by atoms with Gasteiger partial charge in [0.2, 0.25) is 0 Å². The number of nitrogens with one attached hydrogen (secondary N) is 1. The van der Waals surface area contributed by atoms with Crippen molar-refractivity contribution in [2.24, 2.45) is 0 Å². The van der Waals surface area contributed by atoms with Gasteiger partial charge in [0.05, 0.1) is 11.7 Å². The van der Waals surface area contributed by atoms with Crippen LogP contribution in [0.4, 0.5) is 5.82 Å². The standard InChI is InChI=1S/C19H19N5/c1-13-22-18(15-10-20-12-21-11-15)9-19(23-13)24-17-8-4-6-14-5-2-3-7-16(14)17/h2-3,5,7,9-12,17H,4,6,8H2,1H3,(H,22,23,24)/t17-/m1/s1. The summed E-state index contributed by atoms with van der Waals surface area (Å²) in [6.07, 6.45) is 8.53. The first-order chi connectivity index (χ1) is 11.8. The van der Waals surface area contributed by atoms with Crippen LogP contribution in [0, 0.1) is 6.92 Å². The Hall–Kier alpha value is -2.82. The molecule has 5 nitrogen and oxygen atoms in total. The Labute approximate surface area is 141 Å². The van der Waals surface area contributed by atoms with E-state index in [1.807, 2.05) is 13.0 Å². The molecule has 0 unspecified atom stereocenters. The van der Waals surface area contributed by atoms with Gasteiger partial charge < -0.3 is 5.32 Å². The molecule has 3 aromatic rings. The molecule has 120 valence electrons. The van der Waals surface area contributed by atoms with Crippen molar-refractivity contribution in [3.05, 3.63) is 66.0 Å². The predicted molar refractivity (Wildman–Crippen MR) is 93.5 cm³/mol. The Kier molecular flexibility index (Phi) is 3.91. The average molecular weight is 317 g/mol. The molecule has 24 heavy (non-hydrogen) atoms. The second-order valence-electron chi connectivity index (χ2n) is 6.10. The Balaban J connectivity index is 1.65. The molecule has 0 saturated carbocycles. The molecule has 0 radical (unpaired) electrons. The van der Waals surface area contributed by atoms with Crippen molar-refractivity contribution < 1.29 is 0 Å². The molecular weight excluding hydrogens is 298 g/mol. The molecule has 1 aliphatic carbocycles. The number of hydrogen-bond acceptors (Lipinski definition) is 5. The highest BCUT2D eigenvalue weighted by molar-refractivity contribution is 5.61. The summed E-state index contributed by atoms with van der Waals surface area (Å²) in [4.78, 5) is 17.2. The summed E-state index contributed by atoms with van der Waals surface area (Å²) in [7, 11) is 0. The lowest BCUT2D eigenvalue weighted by Gasteiger charge is -2.27. The van der Waals surface area contributed by atoms with E-state index >= 15 is 0 Å². The minimum absolute atomic E-state index is 0.295. The summed E-state index contributed by atoms with van der Waals surface area (Å²) >= 11 is 0. The van der Waals surface area contributed by atoms with Crippen LogP contribution in [0.15, 0.2) is 49.1 Å². The summed E-state index contributed by atoms with van der Waals surface area (Å²) < 4.78 is 0. The molecule has 4 rings (SSSR count). The third kappa shape index (κ3) is 2.97. The van der Waals surface area contributed by atoms with E-state index in [-0.39, 0.29) is 0 Å². The molecule has 0 bridgehead atoms. The van der Waals surface area contributed by atoms with Gasteiger partial charge in [0.25, 0.3) is 0 Å².